The number of sulfone groups is 1. The molecular formula is C31H42N4O7S2. The normalized spacial score (nSPS) is 23.9. The van der Waals surface area contributed by atoms with Crippen molar-refractivity contribution < 1.29 is 32.3 Å². The summed E-state index contributed by atoms with van der Waals surface area (Å²) in [6, 6.07) is 6.23. The number of rotatable bonds is 12. The van der Waals surface area contributed by atoms with Crippen LogP contribution in [0.4, 0.5) is 0 Å². The molecule has 0 saturated carbocycles. The summed E-state index contributed by atoms with van der Waals surface area (Å²) in [4.78, 5) is 36.6. The molecular weight excluding hydrogens is 604 g/mol. The van der Waals surface area contributed by atoms with E-state index in [-0.39, 0.29) is 35.3 Å². The molecule has 13 heteroatoms. The lowest BCUT2D eigenvalue weighted by molar-refractivity contribution is -0.133. The van der Waals surface area contributed by atoms with Crippen molar-refractivity contribution in [3.8, 4) is 0 Å². The largest absolute Gasteiger partial charge is 0.389 e. The Hall–Kier alpha value is -2.97. The molecule has 3 heterocycles. The maximum atomic E-state index is 13.7. The second-order valence-corrected chi connectivity index (χ2v) is 14.4. The van der Waals surface area contributed by atoms with Crippen molar-refractivity contribution in [3.05, 3.63) is 64.6 Å². The Balaban J connectivity index is 1.49. The van der Waals surface area contributed by atoms with E-state index in [1.807, 2.05) is 24.8 Å². The standard InChI is InChI=1S/C31H42N4O7S2/c1-5-7-29(43-26(6-2)19-34-14-15-35(23(4)36)22(3)18-34)32-31(37)30(33-42-25-12-16-40-20-25)24-8-10-27(11-9-24)44(38,39)28-13-17-41-21-28/h5-11,22,25,28H,1,12-21H2,2-4H3,(H,32,37)/b26-6-,29-7+,33-30+/t22-,25-,28+/m1/s1. The number of nitrogens with zero attached hydrogens (tertiary/aromatic N) is 3. The van der Waals surface area contributed by atoms with E-state index in [1.54, 1.807) is 31.2 Å². The van der Waals surface area contributed by atoms with Crippen LogP contribution in [-0.4, -0.2) is 106 Å². The molecule has 2 amide bonds. The van der Waals surface area contributed by atoms with Crippen molar-refractivity contribution >= 4 is 39.1 Å². The van der Waals surface area contributed by atoms with Gasteiger partial charge in [-0.25, -0.2) is 8.42 Å². The highest BCUT2D eigenvalue weighted by Gasteiger charge is 2.31. The molecule has 0 radical (unpaired) electrons. The second-order valence-electron chi connectivity index (χ2n) is 11.0. The molecule has 3 aliphatic rings. The number of hydrogen-bond acceptors (Lipinski definition) is 10. The highest BCUT2D eigenvalue weighted by atomic mass is 32.2. The van der Waals surface area contributed by atoms with Crippen LogP contribution in [0, 0.1) is 0 Å². The van der Waals surface area contributed by atoms with Crippen LogP contribution in [0.25, 0.3) is 0 Å². The molecule has 0 bridgehead atoms. The van der Waals surface area contributed by atoms with Crippen LogP contribution in [0.5, 0.6) is 0 Å². The van der Waals surface area contributed by atoms with Crippen molar-refractivity contribution in [3.63, 3.8) is 0 Å². The number of carbonyl (C=O) groups excluding carboxylic acids is 2. The number of nitrogens with one attached hydrogen (secondary N) is 1. The number of amides is 2. The molecule has 1 aromatic carbocycles. The Bertz CT molecular complexity index is 1380. The molecule has 3 fully saturated rings. The van der Waals surface area contributed by atoms with Crippen molar-refractivity contribution in [1.82, 2.24) is 15.1 Å². The lowest BCUT2D eigenvalue weighted by Gasteiger charge is -2.39. The number of carbonyl (C=O) groups is 2. The fraction of sp³-hybridized carbons (Fsp3) is 0.516. The van der Waals surface area contributed by atoms with Crippen LogP contribution >= 0.6 is 11.8 Å². The minimum absolute atomic E-state index is 0.0109. The van der Waals surface area contributed by atoms with Gasteiger partial charge in [0.2, 0.25) is 5.91 Å². The zero-order valence-electron chi connectivity index (χ0n) is 25.6. The molecule has 1 aromatic rings. The third-order valence-electron chi connectivity index (χ3n) is 7.74. The van der Waals surface area contributed by atoms with Gasteiger partial charge >= 0.3 is 0 Å². The predicted molar refractivity (Wildman–Crippen MR) is 171 cm³/mol. The number of allylic oxidation sites excluding steroid dienone is 3. The summed E-state index contributed by atoms with van der Waals surface area (Å²) in [6.07, 6.45) is 6.14. The number of ether oxygens (including phenoxy) is 2. The number of hydrogen-bond donors (Lipinski definition) is 1. The van der Waals surface area contributed by atoms with Gasteiger partial charge in [0.25, 0.3) is 5.91 Å². The zero-order valence-corrected chi connectivity index (χ0v) is 27.2. The Morgan fingerprint density at radius 1 is 1.16 bits per heavy atom. The third kappa shape index (κ3) is 8.81. The van der Waals surface area contributed by atoms with E-state index in [9.17, 15) is 18.0 Å². The van der Waals surface area contributed by atoms with E-state index < -0.39 is 21.0 Å². The minimum Gasteiger partial charge on any atom is -0.389 e. The lowest BCUT2D eigenvalue weighted by atomic mass is 10.1. The van der Waals surface area contributed by atoms with E-state index >= 15 is 0 Å². The molecule has 0 aliphatic carbocycles. The molecule has 240 valence electrons. The summed E-state index contributed by atoms with van der Waals surface area (Å²) >= 11 is 1.41. The van der Waals surface area contributed by atoms with Gasteiger partial charge < -0.3 is 24.5 Å². The number of thioether (sulfide) groups is 1. The molecule has 0 aromatic heterocycles. The first-order valence-electron chi connectivity index (χ1n) is 14.8. The summed E-state index contributed by atoms with van der Waals surface area (Å²) in [7, 11) is -3.56. The van der Waals surface area contributed by atoms with Crippen molar-refractivity contribution in [1.29, 1.82) is 0 Å². The summed E-state index contributed by atoms with van der Waals surface area (Å²) < 4.78 is 36.7. The van der Waals surface area contributed by atoms with Gasteiger partial charge in [0.05, 0.1) is 35.0 Å². The van der Waals surface area contributed by atoms with E-state index in [4.69, 9.17) is 14.3 Å². The van der Waals surface area contributed by atoms with E-state index in [0.717, 1.165) is 18.0 Å². The SMILES string of the molecule is C=C/C=C(\NC(=O)/C(=N/O[C@@H]1CCOC1)c1ccc(S(=O)(=O)[C@H]2CCOC2)cc1)S/C(=C\C)CN1CCN(C(C)=O)[C@H](C)C1. The molecule has 3 aliphatic heterocycles. The summed E-state index contributed by atoms with van der Waals surface area (Å²) in [6.45, 7) is 13.8. The van der Waals surface area contributed by atoms with Crippen LogP contribution in [-0.2, 0) is 33.7 Å². The van der Waals surface area contributed by atoms with Gasteiger partial charge in [-0.15, -0.1) is 0 Å². The quantitative estimate of drug-likeness (QED) is 0.207. The minimum atomic E-state index is -3.56. The van der Waals surface area contributed by atoms with Gasteiger partial charge in [0.1, 0.15) is 0 Å². The number of oxime groups is 1. The Morgan fingerprint density at radius 3 is 2.48 bits per heavy atom. The van der Waals surface area contributed by atoms with Crippen LogP contribution < -0.4 is 5.32 Å². The zero-order chi connectivity index (χ0) is 31.7. The molecule has 0 spiro atoms. The summed E-state index contributed by atoms with van der Waals surface area (Å²) in [5, 5.41) is 7.12. The molecule has 1 N–H and O–H groups in total. The van der Waals surface area contributed by atoms with Crippen LogP contribution in [0.1, 0.15) is 39.2 Å². The van der Waals surface area contributed by atoms with Crippen molar-refractivity contribution in [2.24, 2.45) is 5.16 Å². The van der Waals surface area contributed by atoms with E-state index in [1.165, 1.54) is 23.9 Å². The first-order valence-corrected chi connectivity index (χ1v) is 17.2. The van der Waals surface area contributed by atoms with Gasteiger partial charge in [-0.1, -0.05) is 47.8 Å². The molecule has 3 saturated heterocycles. The van der Waals surface area contributed by atoms with Gasteiger partial charge in [-0.2, -0.15) is 0 Å². The monoisotopic (exact) mass is 646 g/mol. The summed E-state index contributed by atoms with van der Waals surface area (Å²) in [5.41, 5.74) is 0.423. The first kappa shape index (κ1) is 33.9. The number of piperazine rings is 1. The average molecular weight is 647 g/mol. The Labute approximate surface area is 264 Å². The number of benzene rings is 1. The van der Waals surface area contributed by atoms with Crippen LogP contribution in [0.2, 0.25) is 0 Å². The highest BCUT2D eigenvalue weighted by Crippen LogP contribution is 2.27. The van der Waals surface area contributed by atoms with E-state index in [0.29, 0.717) is 56.3 Å². The highest BCUT2D eigenvalue weighted by molar-refractivity contribution is 8.06. The fourth-order valence-corrected chi connectivity index (χ4v) is 7.81. The average Bonchev–Trinajstić information content (AvgIpc) is 3.73. The van der Waals surface area contributed by atoms with Gasteiger partial charge in [0.15, 0.2) is 21.7 Å². The fourth-order valence-electron chi connectivity index (χ4n) is 5.27. The smallest absolute Gasteiger partial charge is 0.278 e. The second kappa shape index (κ2) is 15.8. The van der Waals surface area contributed by atoms with E-state index in [2.05, 4.69) is 22.0 Å². The molecule has 44 heavy (non-hydrogen) atoms. The Morgan fingerprint density at radius 2 is 1.89 bits per heavy atom. The van der Waals surface area contributed by atoms with Gasteiger partial charge in [0, 0.05) is 62.6 Å². The predicted octanol–water partition coefficient (Wildman–Crippen LogP) is 3.09. The third-order valence-corrected chi connectivity index (χ3v) is 11.0. The Kier molecular flexibility index (Phi) is 12.2. The maximum Gasteiger partial charge on any atom is 0.278 e. The van der Waals surface area contributed by atoms with Crippen LogP contribution in [0.3, 0.4) is 0 Å². The summed E-state index contributed by atoms with van der Waals surface area (Å²) in [5.74, 6) is -0.429. The van der Waals surface area contributed by atoms with Crippen LogP contribution in [0.15, 0.2) is 69.1 Å². The molecule has 3 atom stereocenters. The molecule has 4 rings (SSSR count). The van der Waals surface area contributed by atoms with Gasteiger partial charge in [-0.05, 0) is 38.5 Å². The van der Waals surface area contributed by atoms with Crippen molar-refractivity contribution in [2.45, 2.75) is 55.9 Å². The molecule has 11 nitrogen and oxygen atoms in total. The lowest BCUT2D eigenvalue weighted by Crippen LogP contribution is -2.53. The van der Waals surface area contributed by atoms with Crippen molar-refractivity contribution in [2.75, 3.05) is 52.6 Å². The van der Waals surface area contributed by atoms with Gasteiger partial charge in [-0.3, -0.25) is 14.5 Å². The molecule has 0 unspecified atom stereocenters. The topological polar surface area (TPSA) is 127 Å². The first-order chi connectivity index (χ1) is 21.1. The maximum absolute atomic E-state index is 13.7.